The molecule has 23 heavy (non-hydrogen) atoms. The second kappa shape index (κ2) is 4.83. The second-order valence-electron chi connectivity index (χ2n) is 9.54. The Bertz CT molecular complexity index is 539. The van der Waals surface area contributed by atoms with E-state index in [4.69, 9.17) is 0 Å². The molecule has 3 heteroatoms. The highest BCUT2D eigenvalue weighted by molar-refractivity contribution is 5.29. The Hall–Kier alpha value is -0.380. The fourth-order valence-electron chi connectivity index (χ4n) is 7.00. The number of hydrogen-bond donors (Lipinski definition) is 3. The summed E-state index contributed by atoms with van der Waals surface area (Å²) in [7, 11) is 0. The summed E-state index contributed by atoms with van der Waals surface area (Å²) in [6, 6.07) is 0. The van der Waals surface area contributed by atoms with Gasteiger partial charge in [0.1, 0.15) is 0 Å². The van der Waals surface area contributed by atoms with Crippen LogP contribution in [0, 0.1) is 28.6 Å². The van der Waals surface area contributed by atoms with Gasteiger partial charge in [0.15, 0.2) is 0 Å². The van der Waals surface area contributed by atoms with Crippen LogP contribution in [0.25, 0.3) is 0 Å². The van der Waals surface area contributed by atoms with E-state index >= 15 is 0 Å². The van der Waals surface area contributed by atoms with Crippen LogP contribution >= 0.6 is 0 Å². The Morgan fingerprint density at radius 3 is 2.39 bits per heavy atom. The van der Waals surface area contributed by atoms with E-state index in [-0.39, 0.29) is 16.9 Å². The van der Waals surface area contributed by atoms with Gasteiger partial charge in [-0.2, -0.15) is 0 Å². The minimum Gasteiger partial charge on any atom is -0.390 e. The zero-order valence-electron chi connectivity index (χ0n) is 14.8. The normalized spacial score (nSPS) is 58.9. The van der Waals surface area contributed by atoms with Crippen molar-refractivity contribution >= 4 is 0 Å². The van der Waals surface area contributed by atoms with Gasteiger partial charge in [0.2, 0.25) is 0 Å². The molecule has 0 aromatic carbocycles. The maximum Gasteiger partial charge on any atom is 0.0759 e. The van der Waals surface area contributed by atoms with Crippen LogP contribution in [0.5, 0.6) is 0 Å². The third-order valence-electron chi connectivity index (χ3n) is 8.66. The molecule has 0 amide bonds. The van der Waals surface area contributed by atoms with Crippen LogP contribution in [0.3, 0.4) is 0 Å². The first-order valence-corrected chi connectivity index (χ1v) is 9.50. The van der Waals surface area contributed by atoms with E-state index in [9.17, 15) is 15.3 Å². The summed E-state index contributed by atoms with van der Waals surface area (Å²) in [5, 5.41) is 31.8. The van der Waals surface area contributed by atoms with Crippen molar-refractivity contribution in [2.75, 3.05) is 0 Å². The van der Waals surface area contributed by atoms with Gasteiger partial charge >= 0.3 is 0 Å². The van der Waals surface area contributed by atoms with Crippen molar-refractivity contribution in [2.24, 2.45) is 28.6 Å². The Morgan fingerprint density at radius 2 is 1.65 bits per heavy atom. The van der Waals surface area contributed by atoms with E-state index in [0.717, 1.165) is 50.5 Å². The van der Waals surface area contributed by atoms with Crippen molar-refractivity contribution in [1.29, 1.82) is 0 Å². The topological polar surface area (TPSA) is 60.7 Å². The maximum absolute atomic E-state index is 10.9. The van der Waals surface area contributed by atoms with Gasteiger partial charge in [-0.15, -0.1) is 0 Å². The molecule has 3 nitrogen and oxygen atoms in total. The molecule has 3 N–H and O–H groups in total. The highest BCUT2D eigenvalue weighted by atomic mass is 16.3. The lowest BCUT2D eigenvalue weighted by atomic mass is 9.46. The lowest BCUT2D eigenvalue weighted by Gasteiger charge is -2.60. The van der Waals surface area contributed by atoms with Crippen molar-refractivity contribution in [2.45, 2.75) is 83.5 Å². The number of aliphatic hydroxyl groups is 3. The van der Waals surface area contributed by atoms with Crippen molar-refractivity contribution < 1.29 is 15.3 Å². The van der Waals surface area contributed by atoms with Gasteiger partial charge in [-0.25, -0.2) is 0 Å². The molecule has 0 spiro atoms. The highest BCUT2D eigenvalue weighted by Gasteiger charge is 2.63. The van der Waals surface area contributed by atoms with E-state index < -0.39 is 11.7 Å². The second-order valence-corrected chi connectivity index (χ2v) is 9.54. The number of rotatable bonds is 0. The van der Waals surface area contributed by atoms with Crippen LogP contribution < -0.4 is 0 Å². The van der Waals surface area contributed by atoms with Crippen molar-refractivity contribution in [1.82, 2.24) is 0 Å². The molecule has 0 heterocycles. The summed E-state index contributed by atoms with van der Waals surface area (Å²) in [4.78, 5) is 0. The molecule has 130 valence electrons. The van der Waals surface area contributed by atoms with Crippen molar-refractivity contribution in [3.8, 4) is 0 Å². The van der Waals surface area contributed by atoms with Crippen LogP contribution in [-0.2, 0) is 0 Å². The smallest absolute Gasteiger partial charge is 0.0759 e. The molecule has 0 aliphatic heterocycles. The molecule has 3 fully saturated rings. The molecular weight excluding hydrogens is 288 g/mol. The Kier molecular flexibility index (Phi) is 3.38. The van der Waals surface area contributed by atoms with Gasteiger partial charge in [0, 0.05) is 0 Å². The van der Waals surface area contributed by atoms with Crippen LogP contribution in [-0.4, -0.2) is 33.1 Å². The molecule has 8 atom stereocenters. The van der Waals surface area contributed by atoms with Crippen LogP contribution in [0.15, 0.2) is 11.6 Å². The molecule has 0 bridgehead atoms. The largest absolute Gasteiger partial charge is 0.390 e. The molecule has 0 unspecified atom stereocenters. The van der Waals surface area contributed by atoms with Gasteiger partial charge in [-0.1, -0.05) is 19.9 Å². The maximum atomic E-state index is 10.9. The zero-order chi connectivity index (χ0) is 16.6. The molecule has 4 rings (SSSR count). The lowest BCUT2D eigenvalue weighted by Crippen LogP contribution is -2.56. The molecule has 4 aliphatic rings. The van der Waals surface area contributed by atoms with Gasteiger partial charge in [0.25, 0.3) is 0 Å². The van der Waals surface area contributed by atoms with Crippen molar-refractivity contribution in [3.63, 3.8) is 0 Å². The first kappa shape index (κ1) is 16.1. The van der Waals surface area contributed by atoms with E-state index in [1.165, 1.54) is 0 Å². The fourth-order valence-corrected chi connectivity index (χ4v) is 7.00. The number of fused-ring (bicyclic) bond motifs is 5. The third kappa shape index (κ3) is 1.99. The fraction of sp³-hybridized carbons (Fsp3) is 0.900. The van der Waals surface area contributed by atoms with Crippen LogP contribution in [0.2, 0.25) is 0 Å². The van der Waals surface area contributed by atoms with E-state index in [0.29, 0.717) is 17.8 Å². The number of hydrogen-bond acceptors (Lipinski definition) is 3. The van der Waals surface area contributed by atoms with E-state index in [2.05, 4.69) is 13.8 Å². The average molecular weight is 320 g/mol. The molecule has 0 aromatic heterocycles. The predicted molar refractivity (Wildman–Crippen MR) is 89.7 cm³/mol. The Labute approximate surface area is 139 Å². The summed E-state index contributed by atoms with van der Waals surface area (Å²) < 4.78 is 0. The van der Waals surface area contributed by atoms with Gasteiger partial charge in [-0.05, 0) is 86.0 Å². The van der Waals surface area contributed by atoms with Gasteiger partial charge < -0.3 is 15.3 Å². The minimum atomic E-state index is -0.562. The molecular formula is C20H32O3. The number of aliphatic hydroxyl groups excluding tert-OH is 2. The molecule has 3 saturated carbocycles. The summed E-state index contributed by atoms with van der Waals surface area (Å²) in [5.41, 5.74) is 0.579. The average Bonchev–Trinajstić information content (AvgIpc) is 2.72. The Balaban J connectivity index is 1.72. The van der Waals surface area contributed by atoms with Gasteiger partial charge in [0.05, 0.1) is 17.8 Å². The summed E-state index contributed by atoms with van der Waals surface area (Å²) in [5.74, 6) is 1.63. The van der Waals surface area contributed by atoms with Crippen LogP contribution in [0.1, 0.15) is 65.7 Å². The Morgan fingerprint density at radius 1 is 0.957 bits per heavy atom. The molecule has 0 aromatic rings. The minimum absolute atomic E-state index is 0.000352. The monoisotopic (exact) mass is 320 g/mol. The summed E-state index contributed by atoms with van der Waals surface area (Å²) >= 11 is 0. The standard InChI is InChI=1S/C20H32O3/c1-18-7-4-12(21)10-16(18)17(22)11-13-14(18)5-8-19(2)15(13)6-9-20(19,3)23/h10,12-15,17,21-23H,4-9,11H2,1-3H3/t12-,13+,14+,15-,17+,18+,19-,20-/m0/s1. The zero-order valence-corrected chi connectivity index (χ0v) is 14.8. The first-order valence-electron chi connectivity index (χ1n) is 9.50. The summed E-state index contributed by atoms with van der Waals surface area (Å²) in [6.07, 6.45) is 7.99. The van der Waals surface area contributed by atoms with Crippen molar-refractivity contribution in [3.05, 3.63) is 11.6 Å². The summed E-state index contributed by atoms with van der Waals surface area (Å²) in [6.45, 7) is 6.63. The first-order chi connectivity index (χ1) is 10.7. The molecule has 0 saturated heterocycles. The van der Waals surface area contributed by atoms with Gasteiger partial charge in [-0.3, -0.25) is 0 Å². The SMILES string of the molecule is C[C@]12CC[C@H](O)C=C1[C@H](O)C[C@@H]1[C@H]2CC[C@@]2(C)[C@H]1CC[C@]2(C)O. The third-order valence-corrected chi connectivity index (χ3v) is 8.66. The lowest BCUT2D eigenvalue weighted by molar-refractivity contribution is -0.130. The molecule has 0 radical (unpaired) electrons. The molecule has 4 aliphatic carbocycles. The van der Waals surface area contributed by atoms with Crippen LogP contribution in [0.4, 0.5) is 0 Å². The quantitative estimate of drug-likeness (QED) is 0.601. The highest BCUT2D eigenvalue weighted by Crippen LogP contribution is 2.67. The van der Waals surface area contributed by atoms with E-state index in [1.54, 1.807) is 0 Å². The predicted octanol–water partition coefficient (Wildman–Crippen LogP) is 3.03. The van der Waals surface area contributed by atoms with E-state index in [1.807, 2.05) is 13.0 Å².